The molecule has 0 amide bonds. The molecule has 0 fully saturated rings. The fourth-order valence-corrected chi connectivity index (χ4v) is 7.78. The Morgan fingerprint density at radius 2 is 0.849 bits per heavy atom. The Morgan fingerprint density at radius 1 is 0.396 bits per heavy atom. The number of aryl methyl sites for hydroxylation is 1. The predicted octanol–water partition coefficient (Wildman–Crippen LogP) is 14.2. The van der Waals surface area contributed by atoms with Crippen LogP contribution in [-0.2, 0) is 6.42 Å². The van der Waals surface area contributed by atoms with E-state index in [2.05, 4.69) is 217 Å². The highest BCUT2D eigenvalue weighted by molar-refractivity contribution is 6.09. The molecule has 1 heterocycles. The lowest BCUT2D eigenvalue weighted by molar-refractivity contribution is 0.924. The highest BCUT2D eigenvalue weighted by Gasteiger charge is 2.15. The number of fused-ring (bicyclic) bond motifs is 3. The molecule has 8 aromatic carbocycles. The van der Waals surface area contributed by atoms with E-state index in [4.69, 9.17) is 0 Å². The second-order valence-electron chi connectivity index (χ2n) is 13.7. The molecule has 2 heteroatoms. The van der Waals surface area contributed by atoms with Crippen LogP contribution in [0, 0.1) is 0 Å². The second kappa shape index (κ2) is 14.2. The first-order valence-corrected chi connectivity index (χ1v) is 18.6. The zero-order valence-electron chi connectivity index (χ0n) is 29.9. The van der Waals surface area contributed by atoms with E-state index in [1.54, 1.807) is 0 Å². The molecular formula is C51H40N2. The molecule has 0 spiro atoms. The number of aromatic nitrogens is 1. The minimum absolute atomic E-state index is 1.02. The van der Waals surface area contributed by atoms with Crippen LogP contribution >= 0.6 is 0 Å². The molecule has 1 aromatic heterocycles. The van der Waals surface area contributed by atoms with Crippen molar-refractivity contribution in [3.63, 3.8) is 0 Å². The number of anilines is 3. The fourth-order valence-electron chi connectivity index (χ4n) is 7.78. The van der Waals surface area contributed by atoms with Gasteiger partial charge in [-0.2, -0.15) is 0 Å². The topological polar surface area (TPSA) is 8.17 Å². The Morgan fingerprint density at radius 3 is 1.45 bits per heavy atom. The number of nitrogens with zero attached hydrogens (tertiary/aromatic N) is 2. The quantitative estimate of drug-likeness (QED) is 0.147. The highest BCUT2D eigenvalue weighted by Crippen LogP contribution is 2.38. The molecule has 53 heavy (non-hydrogen) atoms. The first-order valence-electron chi connectivity index (χ1n) is 18.6. The van der Waals surface area contributed by atoms with Crippen molar-refractivity contribution in [2.45, 2.75) is 19.8 Å². The molecule has 0 atom stereocenters. The number of benzene rings is 8. The van der Waals surface area contributed by atoms with Gasteiger partial charge in [-0.3, -0.25) is 0 Å². The fraction of sp³-hybridized carbons (Fsp3) is 0.0588. The smallest absolute Gasteiger partial charge is 0.0541 e. The molecule has 9 rings (SSSR count). The summed E-state index contributed by atoms with van der Waals surface area (Å²) >= 11 is 0. The Kier molecular flexibility index (Phi) is 8.63. The molecule has 0 aliphatic carbocycles. The summed E-state index contributed by atoms with van der Waals surface area (Å²) < 4.78 is 2.38. The zero-order valence-corrected chi connectivity index (χ0v) is 29.9. The van der Waals surface area contributed by atoms with Crippen molar-refractivity contribution in [2.24, 2.45) is 0 Å². The summed E-state index contributed by atoms with van der Waals surface area (Å²) in [5.41, 5.74) is 15.8. The first kappa shape index (κ1) is 32.3. The Hall–Kier alpha value is -6.64. The van der Waals surface area contributed by atoms with Crippen molar-refractivity contribution < 1.29 is 0 Å². The summed E-state index contributed by atoms with van der Waals surface area (Å²) in [7, 11) is 0. The van der Waals surface area contributed by atoms with Crippen LogP contribution in [-0.4, -0.2) is 4.57 Å². The van der Waals surface area contributed by atoms with Gasteiger partial charge in [0.1, 0.15) is 0 Å². The van der Waals surface area contributed by atoms with E-state index in [0.717, 1.165) is 29.9 Å². The molecule has 0 saturated carbocycles. The molecule has 0 radical (unpaired) electrons. The third-order valence-corrected chi connectivity index (χ3v) is 10.3. The third-order valence-electron chi connectivity index (χ3n) is 10.3. The standard InChI is InChI=1S/C51H40N2/c1-2-13-42-36-41(39-24-31-46(32-25-39)53-50-20-11-9-18-48(50)49-19-10-12-21-51(49)53)28-35-47(42)40-26-33-45(34-27-40)52(43-16-7-4-8-17-43)44-29-22-38(23-30-44)37-14-5-3-6-15-37/h3-12,14-36H,2,13H2,1H3. The van der Waals surface area contributed by atoms with Crippen LogP contribution in [0.4, 0.5) is 17.1 Å². The number of rotatable bonds is 9. The van der Waals surface area contributed by atoms with Crippen LogP contribution in [0.2, 0.25) is 0 Å². The van der Waals surface area contributed by atoms with Gasteiger partial charge in [-0.15, -0.1) is 0 Å². The first-order chi connectivity index (χ1) is 26.2. The van der Waals surface area contributed by atoms with Crippen LogP contribution in [0.3, 0.4) is 0 Å². The van der Waals surface area contributed by atoms with Gasteiger partial charge in [-0.1, -0.05) is 153 Å². The van der Waals surface area contributed by atoms with Crippen molar-refractivity contribution in [3.05, 3.63) is 206 Å². The molecule has 254 valence electrons. The van der Waals surface area contributed by atoms with Crippen molar-refractivity contribution in [2.75, 3.05) is 4.90 Å². The number of hydrogen-bond donors (Lipinski definition) is 0. The summed E-state index contributed by atoms with van der Waals surface area (Å²) in [6.07, 6.45) is 2.11. The van der Waals surface area contributed by atoms with Gasteiger partial charge < -0.3 is 9.47 Å². The lowest BCUT2D eigenvalue weighted by atomic mass is 9.92. The van der Waals surface area contributed by atoms with Gasteiger partial charge in [0, 0.05) is 33.5 Å². The molecule has 0 unspecified atom stereocenters. The van der Waals surface area contributed by atoms with E-state index in [1.807, 2.05) is 0 Å². The van der Waals surface area contributed by atoms with Gasteiger partial charge in [-0.25, -0.2) is 0 Å². The molecule has 0 bridgehead atoms. The minimum Gasteiger partial charge on any atom is -0.311 e. The van der Waals surface area contributed by atoms with E-state index in [1.165, 1.54) is 66.4 Å². The summed E-state index contributed by atoms with van der Waals surface area (Å²) in [6.45, 7) is 2.26. The van der Waals surface area contributed by atoms with E-state index in [0.29, 0.717) is 0 Å². The maximum absolute atomic E-state index is 2.40. The molecule has 0 aliphatic rings. The van der Waals surface area contributed by atoms with Crippen LogP contribution in [0.25, 0.3) is 60.9 Å². The Labute approximate surface area is 311 Å². The Bertz CT molecular complexity index is 2580. The van der Waals surface area contributed by atoms with Crippen LogP contribution in [0.1, 0.15) is 18.9 Å². The molecular weight excluding hydrogens is 641 g/mol. The largest absolute Gasteiger partial charge is 0.311 e. The van der Waals surface area contributed by atoms with Gasteiger partial charge in [0.15, 0.2) is 0 Å². The monoisotopic (exact) mass is 680 g/mol. The van der Waals surface area contributed by atoms with Crippen molar-refractivity contribution in [1.82, 2.24) is 4.57 Å². The average Bonchev–Trinajstić information content (AvgIpc) is 3.57. The lowest BCUT2D eigenvalue weighted by Gasteiger charge is -2.26. The van der Waals surface area contributed by atoms with Gasteiger partial charge >= 0.3 is 0 Å². The maximum Gasteiger partial charge on any atom is 0.0541 e. The second-order valence-corrected chi connectivity index (χ2v) is 13.7. The molecule has 0 aliphatic heterocycles. The van der Waals surface area contributed by atoms with Gasteiger partial charge in [-0.05, 0) is 106 Å². The van der Waals surface area contributed by atoms with E-state index in [9.17, 15) is 0 Å². The van der Waals surface area contributed by atoms with Crippen molar-refractivity contribution in [3.8, 4) is 39.1 Å². The van der Waals surface area contributed by atoms with E-state index >= 15 is 0 Å². The summed E-state index contributed by atoms with van der Waals surface area (Å²) in [4.78, 5) is 2.33. The predicted molar refractivity (Wildman–Crippen MR) is 226 cm³/mol. The summed E-state index contributed by atoms with van der Waals surface area (Å²) in [5.74, 6) is 0. The van der Waals surface area contributed by atoms with Crippen LogP contribution in [0.5, 0.6) is 0 Å². The van der Waals surface area contributed by atoms with Crippen LogP contribution < -0.4 is 4.90 Å². The average molecular weight is 681 g/mol. The Balaban J connectivity index is 1.02. The summed E-state index contributed by atoms with van der Waals surface area (Å²) in [5, 5.41) is 2.57. The molecule has 0 N–H and O–H groups in total. The normalized spacial score (nSPS) is 11.3. The van der Waals surface area contributed by atoms with Crippen molar-refractivity contribution >= 4 is 38.9 Å². The van der Waals surface area contributed by atoms with E-state index < -0.39 is 0 Å². The molecule has 9 aromatic rings. The summed E-state index contributed by atoms with van der Waals surface area (Å²) in [6, 6.07) is 72.5. The van der Waals surface area contributed by atoms with Gasteiger partial charge in [0.05, 0.1) is 11.0 Å². The van der Waals surface area contributed by atoms with Crippen molar-refractivity contribution in [1.29, 1.82) is 0 Å². The van der Waals surface area contributed by atoms with Gasteiger partial charge in [0.2, 0.25) is 0 Å². The van der Waals surface area contributed by atoms with Gasteiger partial charge in [0.25, 0.3) is 0 Å². The number of para-hydroxylation sites is 3. The maximum atomic E-state index is 2.40. The molecule has 0 saturated heterocycles. The zero-order chi connectivity index (χ0) is 35.6. The number of hydrogen-bond acceptors (Lipinski definition) is 1. The SMILES string of the molecule is CCCc1cc(-c2ccc(-n3c4ccccc4c4ccccc43)cc2)ccc1-c1ccc(N(c2ccccc2)c2ccc(-c3ccccc3)cc2)cc1. The van der Waals surface area contributed by atoms with E-state index in [-0.39, 0.29) is 0 Å². The lowest BCUT2D eigenvalue weighted by Crippen LogP contribution is -2.09. The molecule has 2 nitrogen and oxygen atoms in total. The third kappa shape index (κ3) is 6.19. The van der Waals surface area contributed by atoms with Crippen LogP contribution in [0.15, 0.2) is 200 Å². The highest BCUT2D eigenvalue weighted by atomic mass is 15.1. The minimum atomic E-state index is 1.02.